The van der Waals surface area contributed by atoms with E-state index in [-0.39, 0.29) is 17.4 Å². The van der Waals surface area contributed by atoms with Gasteiger partial charge in [-0.25, -0.2) is 0 Å². The highest BCUT2D eigenvalue weighted by molar-refractivity contribution is 5.99. The van der Waals surface area contributed by atoms with Crippen LogP contribution in [-0.2, 0) is 4.74 Å². The second kappa shape index (κ2) is 8.21. The van der Waals surface area contributed by atoms with E-state index in [0.29, 0.717) is 25.4 Å². The van der Waals surface area contributed by atoms with Crippen molar-refractivity contribution in [2.24, 2.45) is 0 Å². The summed E-state index contributed by atoms with van der Waals surface area (Å²) in [6, 6.07) is 4.41. The second-order valence-electron chi connectivity index (χ2n) is 4.50. The lowest BCUT2D eigenvalue weighted by atomic mass is 10.1. The van der Waals surface area contributed by atoms with Gasteiger partial charge in [0.2, 0.25) is 0 Å². The van der Waals surface area contributed by atoms with Crippen molar-refractivity contribution >= 4 is 17.3 Å². The summed E-state index contributed by atoms with van der Waals surface area (Å²) in [6.07, 6.45) is -0.144. The molecule has 0 saturated carbocycles. The number of nitrogens with one attached hydrogen (secondary N) is 2. The molecule has 1 aromatic rings. The molecule has 0 saturated heterocycles. The van der Waals surface area contributed by atoms with Gasteiger partial charge in [0, 0.05) is 31.5 Å². The molecule has 1 aromatic carbocycles. The molecule has 21 heavy (non-hydrogen) atoms. The fraction of sp³-hybridized carbons (Fsp3) is 0.500. The highest BCUT2D eigenvalue weighted by Crippen LogP contribution is 2.22. The molecule has 0 spiro atoms. The minimum Gasteiger partial charge on any atom is -0.385 e. The number of benzene rings is 1. The Balaban J connectivity index is 2.89. The van der Waals surface area contributed by atoms with E-state index >= 15 is 0 Å². The lowest BCUT2D eigenvalue weighted by molar-refractivity contribution is -0.385. The van der Waals surface area contributed by atoms with Crippen LogP contribution in [0.25, 0.3) is 0 Å². The molecule has 0 heterocycles. The Morgan fingerprint density at radius 2 is 2.14 bits per heavy atom. The van der Waals surface area contributed by atoms with Crippen molar-refractivity contribution in [2.45, 2.75) is 26.9 Å². The molecular formula is C14H21N3O4. The topological polar surface area (TPSA) is 93.5 Å². The number of ether oxygens (including phenoxy) is 1. The van der Waals surface area contributed by atoms with Crippen LogP contribution < -0.4 is 10.6 Å². The normalized spacial score (nSPS) is 11.8. The zero-order valence-electron chi connectivity index (χ0n) is 12.5. The van der Waals surface area contributed by atoms with Crippen molar-refractivity contribution in [3.63, 3.8) is 0 Å². The highest BCUT2D eigenvalue weighted by atomic mass is 16.6. The minimum atomic E-state index is -0.559. The van der Waals surface area contributed by atoms with Gasteiger partial charge in [-0.2, -0.15) is 0 Å². The maximum absolute atomic E-state index is 12.1. The van der Waals surface area contributed by atoms with Gasteiger partial charge in [-0.05, 0) is 32.9 Å². The molecule has 0 radical (unpaired) electrons. The summed E-state index contributed by atoms with van der Waals surface area (Å²) in [6.45, 7) is 7.11. The van der Waals surface area contributed by atoms with Gasteiger partial charge in [-0.15, -0.1) is 0 Å². The number of hydrogen-bond acceptors (Lipinski definition) is 5. The van der Waals surface area contributed by atoms with Gasteiger partial charge in [0.05, 0.1) is 11.0 Å². The van der Waals surface area contributed by atoms with E-state index in [1.165, 1.54) is 12.1 Å². The van der Waals surface area contributed by atoms with Crippen LogP contribution in [0.4, 0.5) is 11.4 Å². The van der Waals surface area contributed by atoms with Gasteiger partial charge in [0.1, 0.15) is 5.56 Å². The number of rotatable bonds is 8. The maximum atomic E-state index is 12.1. The van der Waals surface area contributed by atoms with Crippen LogP contribution in [0.1, 0.15) is 31.1 Å². The summed E-state index contributed by atoms with van der Waals surface area (Å²) in [4.78, 5) is 22.6. The first-order valence-electron chi connectivity index (χ1n) is 6.91. The molecule has 0 bridgehead atoms. The third-order valence-corrected chi connectivity index (χ3v) is 2.82. The number of anilines is 1. The fourth-order valence-electron chi connectivity index (χ4n) is 1.87. The number of amides is 1. The van der Waals surface area contributed by atoms with E-state index in [4.69, 9.17) is 4.74 Å². The van der Waals surface area contributed by atoms with E-state index in [0.717, 1.165) is 0 Å². The number of carbonyl (C=O) groups is 1. The zero-order valence-corrected chi connectivity index (χ0v) is 12.5. The van der Waals surface area contributed by atoms with E-state index in [1.54, 1.807) is 6.07 Å². The van der Waals surface area contributed by atoms with Crippen molar-refractivity contribution in [3.8, 4) is 0 Å². The minimum absolute atomic E-state index is 0.0437. The highest BCUT2D eigenvalue weighted by Gasteiger charge is 2.20. The van der Waals surface area contributed by atoms with Gasteiger partial charge in [-0.3, -0.25) is 14.9 Å². The van der Waals surface area contributed by atoms with Crippen LogP contribution in [-0.4, -0.2) is 36.6 Å². The quantitative estimate of drug-likeness (QED) is 0.566. The van der Waals surface area contributed by atoms with Crippen LogP contribution in [0.5, 0.6) is 0 Å². The molecule has 0 aliphatic rings. The van der Waals surface area contributed by atoms with Crippen LogP contribution in [0.2, 0.25) is 0 Å². The SMILES string of the molecule is CCNc1ccc([N+](=O)[O-])c(C(=O)NCC(C)OCC)c1. The van der Waals surface area contributed by atoms with E-state index < -0.39 is 10.8 Å². The lowest BCUT2D eigenvalue weighted by Gasteiger charge is -2.13. The number of nitrogens with zero attached hydrogens (tertiary/aromatic N) is 1. The summed E-state index contributed by atoms with van der Waals surface area (Å²) in [5.41, 5.74) is 0.506. The first-order valence-corrected chi connectivity index (χ1v) is 6.91. The third kappa shape index (κ3) is 5.03. The van der Waals surface area contributed by atoms with E-state index in [1.807, 2.05) is 20.8 Å². The van der Waals surface area contributed by atoms with Crippen molar-refractivity contribution in [2.75, 3.05) is 25.0 Å². The average molecular weight is 295 g/mol. The largest absolute Gasteiger partial charge is 0.385 e. The first kappa shape index (κ1) is 16.9. The molecule has 7 nitrogen and oxygen atoms in total. The van der Waals surface area contributed by atoms with Gasteiger partial charge in [0.15, 0.2) is 0 Å². The number of carbonyl (C=O) groups excluding carboxylic acids is 1. The second-order valence-corrected chi connectivity index (χ2v) is 4.50. The fourth-order valence-corrected chi connectivity index (χ4v) is 1.87. The zero-order chi connectivity index (χ0) is 15.8. The van der Waals surface area contributed by atoms with E-state index in [9.17, 15) is 14.9 Å². The Morgan fingerprint density at radius 3 is 2.71 bits per heavy atom. The molecule has 1 unspecified atom stereocenters. The first-order chi connectivity index (χ1) is 9.99. The van der Waals surface area contributed by atoms with Crippen LogP contribution >= 0.6 is 0 Å². The summed E-state index contributed by atoms with van der Waals surface area (Å²) in [5.74, 6) is -0.479. The third-order valence-electron chi connectivity index (χ3n) is 2.82. The van der Waals surface area contributed by atoms with Crippen LogP contribution in [0, 0.1) is 10.1 Å². The molecule has 0 aliphatic heterocycles. The van der Waals surface area contributed by atoms with Crippen molar-refractivity contribution < 1.29 is 14.5 Å². The summed E-state index contributed by atoms with van der Waals surface area (Å²) >= 11 is 0. The summed E-state index contributed by atoms with van der Waals surface area (Å²) < 4.78 is 5.31. The van der Waals surface area contributed by atoms with E-state index in [2.05, 4.69) is 10.6 Å². The molecule has 0 fully saturated rings. The number of nitro benzene ring substituents is 1. The Morgan fingerprint density at radius 1 is 1.43 bits per heavy atom. The Kier molecular flexibility index (Phi) is 6.61. The van der Waals surface area contributed by atoms with Gasteiger partial charge in [-0.1, -0.05) is 0 Å². The average Bonchev–Trinajstić information content (AvgIpc) is 2.45. The smallest absolute Gasteiger partial charge is 0.282 e. The number of hydrogen-bond donors (Lipinski definition) is 2. The Hall–Kier alpha value is -2.15. The standard InChI is InChI=1S/C14H21N3O4/c1-4-15-11-6-7-13(17(19)20)12(8-11)14(18)16-9-10(3)21-5-2/h6-8,10,15H,4-5,9H2,1-3H3,(H,16,18). The maximum Gasteiger partial charge on any atom is 0.282 e. The Labute approximate surface area is 123 Å². The molecule has 1 atom stereocenters. The van der Waals surface area contributed by atoms with Crippen molar-refractivity contribution in [1.82, 2.24) is 5.32 Å². The van der Waals surface area contributed by atoms with Gasteiger partial charge in [0.25, 0.3) is 11.6 Å². The molecule has 1 amide bonds. The molecule has 7 heteroatoms. The molecule has 2 N–H and O–H groups in total. The van der Waals surface area contributed by atoms with Crippen molar-refractivity contribution in [1.29, 1.82) is 0 Å². The molecule has 116 valence electrons. The van der Waals surface area contributed by atoms with Crippen LogP contribution in [0.3, 0.4) is 0 Å². The molecule has 1 rings (SSSR count). The molecular weight excluding hydrogens is 274 g/mol. The summed E-state index contributed by atoms with van der Waals surface area (Å²) in [5, 5.41) is 16.7. The predicted molar refractivity (Wildman–Crippen MR) is 80.7 cm³/mol. The lowest BCUT2D eigenvalue weighted by Crippen LogP contribution is -2.32. The molecule has 0 aliphatic carbocycles. The Bertz CT molecular complexity index is 505. The van der Waals surface area contributed by atoms with Crippen molar-refractivity contribution in [3.05, 3.63) is 33.9 Å². The number of nitro groups is 1. The van der Waals surface area contributed by atoms with Crippen LogP contribution in [0.15, 0.2) is 18.2 Å². The van der Waals surface area contributed by atoms with Gasteiger partial charge >= 0.3 is 0 Å². The van der Waals surface area contributed by atoms with Gasteiger partial charge < -0.3 is 15.4 Å². The predicted octanol–water partition coefficient (Wildman–Crippen LogP) is 2.18. The summed E-state index contributed by atoms with van der Waals surface area (Å²) in [7, 11) is 0. The monoisotopic (exact) mass is 295 g/mol. The molecule has 0 aromatic heterocycles.